The average molecular weight is 433 g/mol. The summed E-state index contributed by atoms with van der Waals surface area (Å²) in [6.07, 6.45) is 3.18. The van der Waals surface area contributed by atoms with E-state index in [-0.39, 0.29) is 23.8 Å². The number of nitrogens with zero attached hydrogens (tertiary/aromatic N) is 3. The largest absolute Gasteiger partial charge is 0.507 e. The summed E-state index contributed by atoms with van der Waals surface area (Å²) in [5.41, 5.74) is 2.61. The van der Waals surface area contributed by atoms with Crippen molar-refractivity contribution in [1.29, 1.82) is 0 Å². The van der Waals surface area contributed by atoms with E-state index < -0.39 is 0 Å². The van der Waals surface area contributed by atoms with E-state index in [1.807, 2.05) is 19.1 Å². The minimum absolute atomic E-state index is 0.0192. The van der Waals surface area contributed by atoms with Gasteiger partial charge in [0.1, 0.15) is 17.7 Å². The molecule has 0 unspecified atom stereocenters. The summed E-state index contributed by atoms with van der Waals surface area (Å²) in [5.74, 6) is 1.58. The van der Waals surface area contributed by atoms with Crippen LogP contribution < -0.4 is 10.2 Å². The van der Waals surface area contributed by atoms with Gasteiger partial charge in [-0.3, -0.25) is 4.79 Å². The van der Waals surface area contributed by atoms with Gasteiger partial charge in [0.05, 0.1) is 11.1 Å². The molecule has 7 nitrogen and oxygen atoms in total. The lowest BCUT2D eigenvalue weighted by Crippen LogP contribution is -2.47. The van der Waals surface area contributed by atoms with Crippen LogP contribution >= 0.6 is 0 Å². The molecule has 2 aliphatic rings. The van der Waals surface area contributed by atoms with E-state index >= 15 is 0 Å². The number of para-hydroxylation sites is 1. The van der Waals surface area contributed by atoms with Crippen molar-refractivity contribution in [2.75, 3.05) is 24.6 Å². The maximum absolute atomic E-state index is 12.4. The van der Waals surface area contributed by atoms with Crippen LogP contribution in [0.15, 0.2) is 42.5 Å². The number of carbonyl (C=O) groups excluding carboxylic acids is 1. The summed E-state index contributed by atoms with van der Waals surface area (Å²) >= 11 is 0. The molecule has 2 N–H and O–H groups in total. The predicted octanol–water partition coefficient (Wildman–Crippen LogP) is 3.57. The normalized spacial score (nSPS) is 19.4. The first kappa shape index (κ1) is 20.7. The maximum Gasteiger partial charge on any atom is 0.249 e. The summed E-state index contributed by atoms with van der Waals surface area (Å²) in [5, 5.41) is 14.5. The van der Waals surface area contributed by atoms with Crippen LogP contribution in [-0.2, 0) is 9.53 Å². The second-order valence-electron chi connectivity index (χ2n) is 8.68. The zero-order chi connectivity index (χ0) is 22.1. The molecule has 32 heavy (non-hydrogen) atoms. The van der Waals surface area contributed by atoms with Crippen molar-refractivity contribution in [3.63, 3.8) is 0 Å². The number of amides is 1. The highest BCUT2D eigenvalue weighted by Gasteiger charge is 2.28. The van der Waals surface area contributed by atoms with Crippen molar-refractivity contribution in [2.45, 2.75) is 44.8 Å². The van der Waals surface area contributed by atoms with E-state index in [4.69, 9.17) is 14.7 Å². The molecule has 1 amide bonds. The molecule has 0 aliphatic carbocycles. The van der Waals surface area contributed by atoms with Crippen molar-refractivity contribution in [3.05, 3.63) is 48.0 Å². The molecule has 2 aromatic carbocycles. The van der Waals surface area contributed by atoms with Crippen molar-refractivity contribution in [2.24, 2.45) is 0 Å². The van der Waals surface area contributed by atoms with Crippen LogP contribution in [-0.4, -0.2) is 52.8 Å². The highest BCUT2D eigenvalue weighted by atomic mass is 16.5. The van der Waals surface area contributed by atoms with E-state index in [2.05, 4.69) is 28.4 Å². The van der Waals surface area contributed by atoms with Crippen LogP contribution in [0.1, 0.15) is 31.2 Å². The standard InChI is InChI=1S/C25H28N4O3/c1-16-8-9-18-20(15-16)27-23(19-5-2-3-6-21(19)30)28-24(18)29-12-10-17(11-13-29)26-25(31)22-7-4-14-32-22/h2-3,5-6,8-9,15,17,22,30H,4,7,10-14H2,1H3,(H,26,31)/t22-/m0/s1. The van der Waals surface area contributed by atoms with Crippen molar-refractivity contribution >= 4 is 22.6 Å². The van der Waals surface area contributed by atoms with Crippen LogP contribution in [0.25, 0.3) is 22.3 Å². The number of hydrogen-bond donors (Lipinski definition) is 2. The number of rotatable bonds is 4. The number of piperidine rings is 1. The molecule has 0 spiro atoms. The summed E-state index contributed by atoms with van der Waals surface area (Å²) in [6.45, 7) is 4.30. The Labute approximate surface area is 187 Å². The fourth-order valence-corrected chi connectivity index (χ4v) is 4.56. The van der Waals surface area contributed by atoms with Gasteiger partial charge in [0.15, 0.2) is 5.82 Å². The minimum atomic E-state index is -0.289. The summed E-state index contributed by atoms with van der Waals surface area (Å²) in [7, 11) is 0. The van der Waals surface area contributed by atoms with Gasteiger partial charge in [-0.25, -0.2) is 9.97 Å². The number of phenols is 1. The van der Waals surface area contributed by atoms with Gasteiger partial charge in [0.25, 0.3) is 0 Å². The Bertz CT molecular complexity index is 1140. The quantitative estimate of drug-likeness (QED) is 0.655. The van der Waals surface area contributed by atoms with Crippen molar-refractivity contribution in [3.8, 4) is 17.1 Å². The predicted molar refractivity (Wildman–Crippen MR) is 124 cm³/mol. The third kappa shape index (κ3) is 4.12. The molecule has 7 heteroatoms. The van der Waals surface area contributed by atoms with Gasteiger partial charge >= 0.3 is 0 Å². The Morgan fingerprint density at radius 2 is 1.94 bits per heavy atom. The Morgan fingerprint density at radius 3 is 2.69 bits per heavy atom. The second-order valence-corrected chi connectivity index (χ2v) is 8.68. The van der Waals surface area contributed by atoms with Gasteiger partial charge in [-0.15, -0.1) is 0 Å². The fourth-order valence-electron chi connectivity index (χ4n) is 4.56. The molecule has 3 aromatic rings. The number of aromatic nitrogens is 2. The van der Waals surface area contributed by atoms with Crippen LogP contribution in [0, 0.1) is 6.92 Å². The molecule has 5 rings (SSSR count). The number of fused-ring (bicyclic) bond motifs is 1. The summed E-state index contributed by atoms with van der Waals surface area (Å²) < 4.78 is 5.51. The summed E-state index contributed by atoms with van der Waals surface area (Å²) in [6, 6.07) is 13.5. The topological polar surface area (TPSA) is 87.6 Å². The lowest BCUT2D eigenvalue weighted by Gasteiger charge is -2.34. The van der Waals surface area contributed by atoms with Gasteiger partial charge in [-0.05, 0) is 62.4 Å². The fraction of sp³-hybridized carbons (Fsp3) is 0.400. The number of anilines is 1. The highest BCUT2D eigenvalue weighted by molar-refractivity contribution is 5.92. The number of nitrogens with one attached hydrogen (secondary N) is 1. The molecule has 3 heterocycles. The maximum atomic E-state index is 12.4. The molecule has 2 saturated heterocycles. The number of phenolic OH excluding ortho intramolecular Hbond substituents is 1. The zero-order valence-electron chi connectivity index (χ0n) is 18.3. The van der Waals surface area contributed by atoms with E-state index in [1.165, 1.54) is 0 Å². The SMILES string of the molecule is Cc1ccc2c(N3CCC(NC(=O)[C@@H]4CCCO4)CC3)nc(-c3ccccc3O)nc2c1. The van der Waals surface area contributed by atoms with E-state index in [0.717, 1.165) is 61.1 Å². The zero-order valence-corrected chi connectivity index (χ0v) is 18.3. The van der Waals surface area contributed by atoms with E-state index in [0.29, 0.717) is 18.0 Å². The Balaban J connectivity index is 1.40. The first-order valence-corrected chi connectivity index (χ1v) is 11.3. The lowest BCUT2D eigenvalue weighted by molar-refractivity contribution is -0.130. The van der Waals surface area contributed by atoms with Crippen LogP contribution in [0.2, 0.25) is 0 Å². The van der Waals surface area contributed by atoms with E-state index in [9.17, 15) is 9.90 Å². The van der Waals surface area contributed by atoms with Gasteiger partial charge in [0, 0.05) is 31.1 Å². The number of benzene rings is 2. The number of carbonyl (C=O) groups is 1. The molecule has 0 radical (unpaired) electrons. The number of ether oxygens (including phenoxy) is 1. The molecule has 166 valence electrons. The van der Waals surface area contributed by atoms with Crippen LogP contribution in [0.4, 0.5) is 5.82 Å². The lowest BCUT2D eigenvalue weighted by atomic mass is 10.0. The van der Waals surface area contributed by atoms with Crippen LogP contribution in [0.5, 0.6) is 5.75 Å². The van der Waals surface area contributed by atoms with Crippen molar-refractivity contribution < 1.29 is 14.6 Å². The minimum Gasteiger partial charge on any atom is -0.507 e. The first-order valence-electron chi connectivity index (χ1n) is 11.3. The molecular formula is C25H28N4O3. The number of aromatic hydroxyl groups is 1. The van der Waals surface area contributed by atoms with E-state index in [1.54, 1.807) is 12.1 Å². The smallest absolute Gasteiger partial charge is 0.249 e. The third-order valence-electron chi connectivity index (χ3n) is 6.34. The van der Waals surface area contributed by atoms with Gasteiger partial charge in [-0.2, -0.15) is 0 Å². The molecule has 1 atom stereocenters. The number of aryl methyl sites for hydroxylation is 1. The second kappa shape index (κ2) is 8.74. The van der Waals surface area contributed by atoms with Gasteiger partial charge < -0.3 is 20.1 Å². The average Bonchev–Trinajstić information content (AvgIpc) is 3.34. The Kier molecular flexibility index (Phi) is 5.66. The Hall–Kier alpha value is -3.19. The Morgan fingerprint density at radius 1 is 1.12 bits per heavy atom. The third-order valence-corrected chi connectivity index (χ3v) is 6.34. The first-order chi connectivity index (χ1) is 15.6. The highest BCUT2D eigenvalue weighted by Crippen LogP contribution is 2.33. The van der Waals surface area contributed by atoms with Gasteiger partial charge in [-0.1, -0.05) is 18.2 Å². The molecule has 2 fully saturated rings. The summed E-state index contributed by atoms with van der Waals surface area (Å²) in [4.78, 5) is 24.3. The molecule has 0 bridgehead atoms. The monoisotopic (exact) mass is 432 g/mol. The molecule has 0 saturated carbocycles. The van der Waals surface area contributed by atoms with Crippen LogP contribution in [0.3, 0.4) is 0 Å². The molecule has 2 aliphatic heterocycles. The number of hydrogen-bond acceptors (Lipinski definition) is 6. The van der Waals surface area contributed by atoms with Gasteiger partial charge in [0.2, 0.25) is 5.91 Å². The molecule has 1 aromatic heterocycles. The van der Waals surface area contributed by atoms with Crippen molar-refractivity contribution in [1.82, 2.24) is 15.3 Å². The molecular weight excluding hydrogens is 404 g/mol.